The second-order valence-electron chi connectivity index (χ2n) is 19.9. The van der Waals surface area contributed by atoms with Crippen LogP contribution in [0, 0.1) is 0 Å². The summed E-state index contributed by atoms with van der Waals surface area (Å²) in [6.07, 6.45) is 16.4. The van der Waals surface area contributed by atoms with Crippen LogP contribution in [0.1, 0.15) is 215 Å². The first-order valence-electron chi connectivity index (χ1n) is 29.6. The average Bonchev–Trinajstić information content (AvgIpc) is 3.56. The monoisotopic (exact) mass is 1150 g/mol. The predicted molar refractivity (Wildman–Crippen MR) is 301 cm³/mol. The molecule has 0 saturated heterocycles. The Morgan fingerprint density at radius 2 is 0.405 bits per heavy atom. The van der Waals surface area contributed by atoms with Crippen LogP contribution in [0.4, 0.5) is 0 Å². The van der Waals surface area contributed by atoms with Crippen LogP contribution in [0.3, 0.4) is 0 Å². The van der Waals surface area contributed by atoms with Crippen molar-refractivity contribution in [2.75, 3.05) is 59.5 Å². The Hall–Kier alpha value is -2.23. The van der Waals surface area contributed by atoms with E-state index in [2.05, 4.69) is 62.3 Å². The van der Waals surface area contributed by atoms with Gasteiger partial charge in [-0.2, -0.15) is 0 Å². The van der Waals surface area contributed by atoms with Gasteiger partial charge in [-0.15, -0.1) is 0 Å². The fourth-order valence-electron chi connectivity index (χ4n) is 7.87. The van der Waals surface area contributed by atoms with Gasteiger partial charge >= 0.3 is 39.6 Å². The average molecular weight is 1150 g/mol. The van der Waals surface area contributed by atoms with E-state index < -0.39 is 34.7 Å². The van der Waals surface area contributed by atoms with E-state index in [1.165, 1.54) is 0 Å². The largest absolute Gasteiger partial charge is 3.00 e. The second-order valence-corrected chi connectivity index (χ2v) is 19.9. The van der Waals surface area contributed by atoms with Gasteiger partial charge < -0.3 is 73.1 Å². The van der Waals surface area contributed by atoms with Gasteiger partial charge in [0.2, 0.25) is 0 Å². The zero-order valence-electron chi connectivity index (χ0n) is 50.9. The third-order valence-electron chi connectivity index (χ3n) is 13.3. The van der Waals surface area contributed by atoms with Crippen LogP contribution in [0.25, 0.3) is 0 Å². The summed E-state index contributed by atoms with van der Waals surface area (Å²) in [5.41, 5.74) is -2.28. The first-order chi connectivity index (χ1) is 37.8. The molecule has 15 nitrogen and oxygen atoms in total. The molecule has 0 amide bonds. The second kappa shape index (κ2) is 45.2. The number of rotatable bonds is 45. The Bertz CT molecular complexity index is 1530. The molecule has 3 aromatic carbocycles. The molecular weight excluding hydrogens is 1040 g/mol. The molecule has 3 atom stereocenters. The van der Waals surface area contributed by atoms with Gasteiger partial charge in [-0.3, -0.25) is 0 Å². The quantitative estimate of drug-likeness (QED) is 0.0171. The summed E-state index contributed by atoms with van der Waals surface area (Å²) in [6, 6.07) is 27.9. The van der Waals surface area contributed by atoms with Gasteiger partial charge in [0, 0.05) is 0 Å². The Labute approximate surface area is 493 Å². The zero-order chi connectivity index (χ0) is 57.9. The summed E-state index contributed by atoms with van der Waals surface area (Å²) in [5, 5.41) is 35.9. The Kier molecular flexibility index (Phi) is 44.0. The molecule has 0 saturated carbocycles. The molecule has 0 aliphatic rings. The molecule has 0 aromatic heterocycles. The first kappa shape index (κ1) is 76.8. The van der Waals surface area contributed by atoms with E-state index in [-0.39, 0.29) is 21.7 Å². The maximum absolute atomic E-state index is 12.0. The molecule has 0 aliphatic heterocycles. The summed E-state index contributed by atoms with van der Waals surface area (Å²) >= 11 is 0. The third kappa shape index (κ3) is 24.5. The van der Waals surface area contributed by atoms with E-state index in [4.69, 9.17) is 57.3 Å². The number of ether oxygens (including phenoxy) is 9. The SMILES string of the molecule is CCCCOC(OCCCC)(OCCCC)C(C)(O[O-])c1ccccc1.CCCCOC(OCCCC)(OCCCC)C(C)(O[O-])c1ccccc1.CCCCOC(OCCCC)(OCCCC)C(C)(O[O-])c1ccccc1.[Ti+3]. The van der Waals surface area contributed by atoms with Crippen molar-refractivity contribution < 1.29 is 94.8 Å². The molecule has 0 aliphatic carbocycles. The number of hydrogen-bond acceptors (Lipinski definition) is 15. The Balaban J connectivity index is 0.00000115. The van der Waals surface area contributed by atoms with Gasteiger partial charge in [-0.1, -0.05) is 211 Å². The molecule has 1 radical (unpaired) electrons. The van der Waals surface area contributed by atoms with Crippen LogP contribution in [0.5, 0.6) is 0 Å². The molecule has 0 heterocycles. The van der Waals surface area contributed by atoms with E-state index in [0.29, 0.717) is 76.2 Å². The van der Waals surface area contributed by atoms with E-state index in [0.717, 1.165) is 116 Å². The summed E-state index contributed by atoms with van der Waals surface area (Å²) < 4.78 is 54.9. The number of unbranched alkanes of at least 4 members (excludes halogenated alkanes) is 9. The number of hydrogen-bond donors (Lipinski definition) is 0. The van der Waals surface area contributed by atoms with Gasteiger partial charge in [-0.25, -0.2) is 0 Å². The van der Waals surface area contributed by atoms with Crippen LogP contribution in [0.15, 0.2) is 91.0 Å². The minimum atomic E-state index is -1.57. The van der Waals surface area contributed by atoms with Crippen LogP contribution in [0.2, 0.25) is 0 Å². The fourth-order valence-corrected chi connectivity index (χ4v) is 7.87. The van der Waals surface area contributed by atoms with Crippen molar-refractivity contribution in [3.63, 3.8) is 0 Å². The molecular formula is C63H105O15Ti. The first-order valence-corrected chi connectivity index (χ1v) is 29.6. The van der Waals surface area contributed by atoms with Gasteiger partial charge in [-0.05, 0) is 95.2 Å². The van der Waals surface area contributed by atoms with Gasteiger partial charge in [0.25, 0.3) is 0 Å². The number of benzene rings is 3. The molecule has 16 heteroatoms. The molecule has 451 valence electrons. The van der Waals surface area contributed by atoms with Crippen LogP contribution >= 0.6 is 0 Å². The van der Waals surface area contributed by atoms with Crippen molar-refractivity contribution in [3.05, 3.63) is 108 Å². The summed E-state index contributed by atoms with van der Waals surface area (Å²) in [5.74, 6) is -4.72. The van der Waals surface area contributed by atoms with E-state index in [1.54, 1.807) is 20.8 Å². The van der Waals surface area contributed by atoms with Gasteiger partial charge in [0.15, 0.2) is 16.8 Å². The summed E-state index contributed by atoms with van der Waals surface area (Å²) in [7, 11) is 0. The molecule has 0 spiro atoms. The molecule has 3 rings (SSSR count). The van der Waals surface area contributed by atoms with E-state index >= 15 is 0 Å². The maximum Gasteiger partial charge on any atom is 3.00 e. The third-order valence-corrected chi connectivity index (χ3v) is 13.3. The minimum absolute atomic E-state index is 0. The van der Waals surface area contributed by atoms with E-state index in [9.17, 15) is 15.8 Å². The summed E-state index contributed by atoms with van der Waals surface area (Å²) in [4.78, 5) is 14.3. The Morgan fingerprint density at radius 3 is 0.519 bits per heavy atom. The minimum Gasteiger partial charge on any atom is -0.722 e. The van der Waals surface area contributed by atoms with Gasteiger partial charge in [0.1, 0.15) is 0 Å². The predicted octanol–water partition coefficient (Wildman–Crippen LogP) is 12.9. The van der Waals surface area contributed by atoms with Gasteiger partial charge in [0.05, 0.1) is 59.5 Å². The van der Waals surface area contributed by atoms with Crippen LogP contribution in [-0.4, -0.2) is 77.4 Å². The zero-order valence-corrected chi connectivity index (χ0v) is 52.4. The topological polar surface area (TPSA) is 180 Å². The smallest absolute Gasteiger partial charge is 0.722 e. The van der Waals surface area contributed by atoms with E-state index in [1.807, 2.05) is 91.0 Å². The standard InChI is InChI=1S/3C21H36O5.Ti/c3*1-5-8-16-23-21(24-17-9-6-2,25-18-10-7-3)20(4,26-22)19-14-12-11-13-15-19;/h3*11-15,22H,5-10,16-18H2,1-4H3;/q;;;+3/p-3. The van der Waals surface area contributed by atoms with Crippen molar-refractivity contribution in [2.45, 2.75) is 233 Å². The van der Waals surface area contributed by atoms with Crippen molar-refractivity contribution in [3.8, 4) is 0 Å². The Morgan fingerprint density at radius 1 is 0.266 bits per heavy atom. The van der Waals surface area contributed by atoms with Crippen LogP contribution in [-0.2, 0) is 95.8 Å². The van der Waals surface area contributed by atoms with Crippen molar-refractivity contribution in [1.82, 2.24) is 0 Å². The van der Waals surface area contributed by atoms with Crippen LogP contribution < -0.4 is 15.8 Å². The molecule has 3 aromatic rings. The van der Waals surface area contributed by atoms with Crippen molar-refractivity contribution >= 4 is 0 Å². The normalized spacial score (nSPS) is 14.2. The van der Waals surface area contributed by atoms with Crippen molar-refractivity contribution in [1.29, 1.82) is 0 Å². The fraction of sp³-hybridized carbons (Fsp3) is 0.714. The molecule has 3 unspecified atom stereocenters. The molecule has 79 heavy (non-hydrogen) atoms. The maximum atomic E-state index is 12.0. The molecule has 0 fully saturated rings. The molecule has 0 bridgehead atoms. The molecule has 0 N–H and O–H groups in total. The van der Waals surface area contributed by atoms with Crippen molar-refractivity contribution in [2.24, 2.45) is 0 Å². The summed E-state index contributed by atoms with van der Waals surface area (Å²) in [6.45, 7) is 27.7.